The summed E-state index contributed by atoms with van der Waals surface area (Å²) in [5.41, 5.74) is 0.528. The second kappa shape index (κ2) is 6.17. The molecular weight excluding hydrogens is 333 g/mol. The lowest BCUT2D eigenvalue weighted by Gasteiger charge is -2.16. The van der Waals surface area contributed by atoms with Crippen LogP contribution in [0.25, 0.3) is 0 Å². The summed E-state index contributed by atoms with van der Waals surface area (Å²) in [6.45, 7) is 1.16. The molecule has 3 rings (SSSR count). The molecule has 1 amide bonds. The van der Waals surface area contributed by atoms with Gasteiger partial charge < -0.3 is 9.64 Å². The molecule has 1 aromatic heterocycles. The van der Waals surface area contributed by atoms with Crippen LogP contribution in [0, 0.1) is 0 Å². The fourth-order valence-electron chi connectivity index (χ4n) is 2.20. The van der Waals surface area contributed by atoms with Crippen LogP contribution < -0.4 is 4.74 Å². The second-order valence-corrected chi connectivity index (χ2v) is 6.03. The average Bonchev–Trinajstić information content (AvgIpc) is 3.13. The van der Waals surface area contributed by atoms with E-state index in [1.807, 2.05) is 0 Å². The van der Waals surface area contributed by atoms with Gasteiger partial charge in [0.05, 0.1) is 28.3 Å². The molecule has 110 valence electrons. The number of aromatic nitrogens is 2. The summed E-state index contributed by atoms with van der Waals surface area (Å²) < 4.78 is 13.6. The predicted molar refractivity (Wildman–Crippen MR) is 81.3 cm³/mol. The summed E-state index contributed by atoms with van der Waals surface area (Å²) in [5.74, 6) is 0.435. The maximum Gasteiger partial charge on any atom is 0.254 e. The molecule has 1 saturated heterocycles. The minimum absolute atomic E-state index is 0.0550. The van der Waals surface area contributed by atoms with Crippen LogP contribution in [0.4, 0.5) is 0 Å². The third-order valence-corrected chi connectivity index (χ3v) is 4.43. The standard InChI is InChI=1S/C13H11Cl2N3O2S/c14-10-2-1-8(5-11(10)15)13(19)18-4-3-9(7-18)20-12-6-16-21-17-12/h1-2,5-6,9H,3-4,7H2/t9-/m0/s1. The molecule has 0 bridgehead atoms. The number of likely N-dealkylation sites (tertiary alicyclic amines) is 1. The highest BCUT2D eigenvalue weighted by Gasteiger charge is 2.28. The van der Waals surface area contributed by atoms with E-state index in [-0.39, 0.29) is 12.0 Å². The quantitative estimate of drug-likeness (QED) is 0.858. The molecule has 1 aliphatic rings. The zero-order chi connectivity index (χ0) is 14.8. The molecule has 0 aliphatic carbocycles. The Morgan fingerprint density at radius 2 is 2.24 bits per heavy atom. The monoisotopic (exact) mass is 343 g/mol. The van der Waals surface area contributed by atoms with Crippen LogP contribution in [0.1, 0.15) is 16.8 Å². The van der Waals surface area contributed by atoms with Crippen LogP contribution in [0.2, 0.25) is 10.0 Å². The van der Waals surface area contributed by atoms with Gasteiger partial charge in [0.25, 0.3) is 5.91 Å². The summed E-state index contributed by atoms with van der Waals surface area (Å²) in [4.78, 5) is 14.1. The molecule has 2 aromatic rings. The Hall–Kier alpha value is -1.37. The maximum atomic E-state index is 12.4. The van der Waals surface area contributed by atoms with Crippen molar-refractivity contribution in [2.45, 2.75) is 12.5 Å². The first-order chi connectivity index (χ1) is 10.1. The Labute approximate surface area is 135 Å². The fourth-order valence-corrected chi connectivity index (χ4v) is 2.85. The van der Waals surface area contributed by atoms with Gasteiger partial charge >= 0.3 is 0 Å². The smallest absolute Gasteiger partial charge is 0.254 e. The number of ether oxygens (including phenoxy) is 1. The van der Waals surface area contributed by atoms with E-state index in [1.165, 1.54) is 0 Å². The third-order valence-electron chi connectivity index (χ3n) is 3.23. The molecule has 2 heterocycles. The van der Waals surface area contributed by atoms with Crippen molar-refractivity contribution < 1.29 is 9.53 Å². The molecule has 0 radical (unpaired) electrons. The van der Waals surface area contributed by atoms with Crippen LogP contribution in [-0.4, -0.2) is 38.7 Å². The van der Waals surface area contributed by atoms with Gasteiger partial charge in [-0.05, 0) is 18.2 Å². The van der Waals surface area contributed by atoms with Crippen molar-refractivity contribution in [1.29, 1.82) is 0 Å². The Morgan fingerprint density at radius 3 is 2.95 bits per heavy atom. The first-order valence-electron chi connectivity index (χ1n) is 6.32. The number of hydrogen-bond acceptors (Lipinski definition) is 5. The van der Waals surface area contributed by atoms with E-state index in [9.17, 15) is 4.79 Å². The van der Waals surface area contributed by atoms with E-state index in [0.717, 1.165) is 18.1 Å². The molecular formula is C13H11Cl2N3O2S. The van der Waals surface area contributed by atoms with Crippen molar-refractivity contribution in [2.24, 2.45) is 0 Å². The Morgan fingerprint density at radius 1 is 1.38 bits per heavy atom. The number of nitrogens with zero attached hydrogens (tertiary/aromatic N) is 3. The van der Waals surface area contributed by atoms with Crippen LogP contribution in [0.3, 0.4) is 0 Å². The van der Waals surface area contributed by atoms with Crippen LogP contribution >= 0.6 is 34.9 Å². The second-order valence-electron chi connectivity index (χ2n) is 4.65. The highest BCUT2D eigenvalue weighted by atomic mass is 35.5. The highest BCUT2D eigenvalue weighted by molar-refractivity contribution is 6.99. The number of benzene rings is 1. The lowest BCUT2D eigenvalue weighted by Crippen LogP contribution is -2.30. The molecule has 1 atom stereocenters. The minimum Gasteiger partial charge on any atom is -0.471 e. The zero-order valence-corrected chi connectivity index (χ0v) is 13.2. The number of amides is 1. The van der Waals surface area contributed by atoms with Crippen molar-refractivity contribution in [3.63, 3.8) is 0 Å². The summed E-state index contributed by atoms with van der Waals surface area (Å²) in [7, 11) is 0. The first kappa shape index (κ1) is 14.6. The van der Waals surface area contributed by atoms with Crippen molar-refractivity contribution in [3.8, 4) is 5.88 Å². The third kappa shape index (κ3) is 3.28. The summed E-state index contributed by atoms with van der Waals surface area (Å²) >= 11 is 12.9. The maximum absolute atomic E-state index is 12.4. The van der Waals surface area contributed by atoms with Gasteiger partial charge in [-0.1, -0.05) is 23.2 Å². The van der Waals surface area contributed by atoms with E-state index >= 15 is 0 Å². The van der Waals surface area contributed by atoms with Crippen molar-refractivity contribution >= 4 is 40.8 Å². The Bertz CT molecular complexity index is 651. The number of hydrogen-bond donors (Lipinski definition) is 0. The van der Waals surface area contributed by atoms with Gasteiger partial charge in [0, 0.05) is 18.5 Å². The van der Waals surface area contributed by atoms with E-state index in [4.69, 9.17) is 27.9 Å². The van der Waals surface area contributed by atoms with Crippen molar-refractivity contribution in [1.82, 2.24) is 13.6 Å². The van der Waals surface area contributed by atoms with Gasteiger partial charge in [-0.25, -0.2) is 0 Å². The molecule has 0 saturated carbocycles. The molecule has 1 aliphatic heterocycles. The fraction of sp³-hybridized carbons (Fsp3) is 0.308. The highest BCUT2D eigenvalue weighted by Crippen LogP contribution is 2.24. The number of rotatable bonds is 3. The van der Waals surface area contributed by atoms with Gasteiger partial charge in [0.1, 0.15) is 12.3 Å². The molecule has 5 nitrogen and oxygen atoms in total. The SMILES string of the molecule is O=C(c1ccc(Cl)c(Cl)c1)N1CC[C@H](Oc2cnsn2)C1. The largest absolute Gasteiger partial charge is 0.471 e. The molecule has 1 aromatic carbocycles. The topological polar surface area (TPSA) is 55.3 Å². The molecule has 21 heavy (non-hydrogen) atoms. The lowest BCUT2D eigenvalue weighted by molar-refractivity contribution is 0.0771. The summed E-state index contributed by atoms with van der Waals surface area (Å²) in [6, 6.07) is 4.89. The Kier molecular flexibility index (Phi) is 4.28. The van der Waals surface area contributed by atoms with Gasteiger partial charge in [-0.2, -0.15) is 4.37 Å². The van der Waals surface area contributed by atoms with Gasteiger partial charge in [-0.3, -0.25) is 4.79 Å². The predicted octanol–water partition coefficient (Wildman–Crippen LogP) is 3.14. The number of halogens is 2. The molecule has 8 heteroatoms. The molecule has 0 spiro atoms. The van der Waals surface area contributed by atoms with Crippen molar-refractivity contribution in [3.05, 3.63) is 40.0 Å². The molecule has 1 fully saturated rings. The lowest BCUT2D eigenvalue weighted by atomic mass is 10.2. The summed E-state index contributed by atoms with van der Waals surface area (Å²) in [5, 5.41) is 0.815. The van der Waals surface area contributed by atoms with Gasteiger partial charge in [0.15, 0.2) is 0 Å². The van der Waals surface area contributed by atoms with E-state index in [2.05, 4.69) is 8.75 Å². The number of carbonyl (C=O) groups excluding carboxylic acids is 1. The zero-order valence-electron chi connectivity index (χ0n) is 10.8. The molecule has 0 N–H and O–H groups in total. The van der Waals surface area contributed by atoms with Crippen LogP contribution in [-0.2, 0) is 0 Å². The normalized spacial score (nSPS) is 18.0. The minimum atomic E-state index is -0.0731. The van der Waals surface area contributed by atoms with E-state index in [1.54, 1.807) is 29.3 Å². The van der Waals surface area contributed by atoms with Gasteiger partial charge in [-0.15, -0.1) is 4.37 Å². The van der Waals surface area contributed by atoms with Crippen LogP contribution in [0.5, 0.6) is 5.88 Å². The number of carbonyl (C=O) groups is 1. The first-order valence-corrected chi connectivity index (χ1v) is 7.80. The van der Waals surface area contributed by atoms with Crippen molar-refractivity contribution in [2.75, 3.05) is 13.1 Å². The molecule has 0 unspecified atom stereocenters. The van der Waals surface area contributed by atoms with E-state index in [0.29, 0.717) is 34.6 Å². The average molecular weight is 344 g/mol. The Balaban J connectivity index is 1.65. The van der Waals surface area contributed by atoms with E-state index < -0.39 is 0 Å². The van der Waals surface area contributed by atoms with Gasteiger partial charge in [0.2, 0.25) is 5.88 Å². The summed E-state index contributed by atoms with van der Waals surface area (Å²) in [6.07, 6.45) is 2.29. The van der Waals surface area contributed by atoms with Crippen LogP contribution in [0.15, 0.2) is 24.4 Å².